The molecule has 0 aromatic rings. The number of esters is 4. The third kappa shape index (κ3) is 70.5. The van der Waals surface area contributed by atoms with Crippen LogP contribution in [0.1, 0.15) is 401 Å². The van der Waals surface area contributed by atoms with Crippen molar-refractivity contribution in [1.82, 2.24) is 0 Å². The highest BCUT2D eigenvalue weighted by Crippen LogP contribution is 2.45. The fraction of sp³-hybridized carbons (Fsp3) is 0.948. The van der Waals surface area contributed by atoms with Crippen LogP contribution in [0, 0.1) is 11.8 Å². The number of aliphatic hydroxyl groups is 1. The molecule has 0 aliphatic carbocycles. The van der Waals surface area contributed by atoms with Gasteiger partial charge in [-0.3, -0.25) is 37.3 Å². The normalized spacial score (nSPS) is 14.0. The first kappa shape index (κ1) is 94.1. The third-order valence-corrected chi connectivity index (χ3v) is 19.9. The molecule has 0 aromatic heterocycles. The molecule has 0 saturated heterocycles. The van der Waals surface area contributed by atoms with Crippen LogP contribution in [0.5, 0.6) is 0 Å². The van der Waals surface area contributed by atoms with Crippen molar-refractivity contribution in [2.24, 2.45) is 11.8 Å². The average molecular weight is 1410 g/mol. The van der Waals surface area contributed by atoms with E-state index in [1.807, 2.05) is 0 Å². The Morgan fingerprint density at radius 3 is 0.708 bits per heavy atom. The summed E-state index contributed by atoms with van der Waals surface area (Å²) in [5.74, 6) is -0.618. The molecule has 17 nitrogen and oxygen atoms in total. The van der Waals surface area contributed by atoms with Gasteiger partial charge in [0.1, 0.15) is 19.3 Å². The van der Waals surface area contributed by atoms with Gasteiger partial charge in [-0.15, -0.1) is 0 Å². The van der Waals surface area contributed by atoms with Crippen molar-refractivity contribution in [2.45, 2.75) is 419 Å². The molecule has 570 valence electrons. The fourth-order valence-corrected chi connectivity index (χ4v) is 13.4. The van der Waals surface area contributed by atoms with Crippen LogP contribution >= 0.6 is 15.6 Å². The molecule has 19 heteroatoms. The number of rotatable bonds is 76. The lowest BCUT2D eigenvalue weighted by Crippen LogP contribution is -2.30. The molecule has 0 saturated carbocycles. The molecule has 3 N–H and O–H groups in total. The predicted molar refractivity (Wildman–Crippen MR) is 391 cm³/mol. The summed E-state index contributed by atoms with van der Waals surface area (Å²) < 4.78 is 68.4. The summed E-state index contributed by atoms with van der Waals surface area (Å²) in [7, 11) is -9.91. The van der Waals surface area contributed by atoms with E-state index in [0.29, 0.717) is 31.6 Å². The number of aliphatic hydroxyl groups excluding tert-OH is 1. The lowest BCUT2D eigenvalue weighted by molar-refractivity contribution is -0.161. The molecule has 2 unspecified atom stereocenters. The zero-order valence-corrected chi connectivity index (χ0v) is 64.5. The first-order chi connectivity index (χ1) is 46.4. The molecule has 0 amide bonds. The highest BCUT2D eigenvalue weighted by atomic mass is 31.2. The van der Waals surface area contributed by atoms with Crippen LogP contribution in [-0.4, -0.2) is 96.7 Å². The number of phosphoric ester groups is 2. The molecule has 0 rings (SSSR count). The van der Waals surface area contributed by atoms with E-state index >= 15 is 0 Å². The van der Waals surface area contributed by atoms with Crippen LogP contribution in [-0.2, 0) is 65.4 Å². The van der Waals surface area contributed by atoms with Crippen LogP contribution in [0.25, 0.3) is 0 Å². The highest BCUT2D eigenvalue weighted by molar-refractivity contribution is 7.47. The quantitative estimate of drug-likeness (QED) is 0.0222. The number of hydrogen-bond acceptors (Lipinski definition) is 15. The van der Waals surface area contributed by atoms with Gasteiger partial charge in [0, 0.05) is 25.7 Å². The number of hydrogen-bond donors (Lipinski definition) is 3. The van der Waals surface area contributed by atoms with E-state index in [1.54, 1.807) is 0 Å². The topological polar surface area (TPSA) is 237 Å². The van der Waals surface area contributed by atoms with E-state index in [1.165, 1.54) is 212 Å². The SMILES string of the molecule is CCCCCCCCCCCCCCCCCCCCCCC(=O)O[C@H](COC(=O)CCCCCCCCCCCCCCCCCC(C)C)COP(=O)(O)OC[C@@H](O)COP(=O)(O)OC[C@@H](COC(=O)CCCCCCCCCC)OC(=O)CCCCCCCCCC(C)C. The fourth-order valence-electron chi connectivity index (χ4n) is 11.8. The van der Waals surface area contributed by atoms with E-state index in [9.17, 15) is 43.2 Å². The molecule has 0 aliphatic rings. The summed E-state index contributed by atoms with van der Waals surface area (Å²) in [6.45, 7) is 9.53. The van der Waals surface area contributed by atoms with Crippen molar-refractivity contribution in [3.05, 3.63) is 0 Å². The van der Waals surface area contributed by atoms with Crippen molar-refractivity contribution in [1.29, 1.82) is 0 Å². The van der Waals surface area contributed by atoms with Gasteiger partial charge >= 0.3 is 39.5 Å². The lowest BCUT2D eigenvalue weighted by Gasteiger charge is -2.21. The Bertz CT molecular complexity index is 1860. The standard InChI is InChI=1S/C77H150O17P2/c1-7-9-11-13-15-17-18-19-20-21-22-23-24-27-31-34-37-43-49-55-61-76(81)93-72(66-88-75(80)60-54-48-42-36-33-30-28-25-26-29-32-35-39-45-51-57-69(3)4)67-91-95(83,84)89-63-71(78)64-90-96(85,86)92-68-73(65-87-74(79)59-53-47-41-16-14-12-10-8-2)94-77(82)62-56-50-44-38-40-46-52-58-70(5)6/h69-73,78H,7-68H2,1-6H3,(H,83,84)(H,85,86)/t71-,72-,73-/m1/s1. The van der Waals surface area contributed by atoms with Gasteiger partial charge in [0.05, 0.1) is 26.4 Å². The number of ether oxygens (including phenoxy) is 4. The van der Waals surface area contributed by atoms with Crippen molar-refractivity contribution >= 4 is 39.5 Å². The van der Waals surface area contributed by atoms with Crippen LogP contribution in [0.15, 0.2) is 0 Å². The maximum atomic E-state index is 13.1. The van der Waals surface area contributed by atoms with Crippen molar-refractivity contribution in [3.8, 4) is 0 Å². The molecule has 0 radical (unpaired) electrons. The smallest absolute Gasteiger partial charge is 0.462 e. The van der Waals surface area contributed by atoms with Gasteiger partial charge in [0.15, 0.2) is 12.2 Å². The molecule has 96 heavy (non-hydrogen) atoms. The summed E-state index contributed by atoms with van der Waals surface area (Å²) in [4.78, 5) is 72.7. The second-order valence-corrected chi connectivity index (χ2v) is 31.6. The van der Waals surface area contributed by atoms with Gasteiger partial charge in [-0.2, -0.15) is 0 Å². The molecule has 0 fully saturated rings. The molecular weight excluding hydrogens is 1260 g/mol. The molecule has 5 atom stereocenters. The van der Waals surface area contributed by atoms with Crippen LogP contribution in [0.3, 0.4) is 0 Å². The van der Waals surface area contributed by atoms with Gasteiger partial charge in [0.2, 0.25) is 0 Å². The van der Waals surface area contributed by atoms with E-state index in [-0.39, 0.29) is 25.7 Å². The average Bonchev–Trinajstić information content (AvgIpc) is 1.08. The van der Waals surface area contributed by atoms with Gasteiger partial charge in [-0.1, -0.05) is 350 Å². The molecule has 0 heterocycles. The maximum absolute atomic E-state index is 13.1. The van der Waals surface area contributed by atoms with Crippen LogP contribution < -0.4 is 0 Å². The summed E-state index contributed by atoms with van der Waals surface area (Å²) >= 11 is 0. The molecule has 0 bridgehead atoms. The molecule has 0 aliphatic heterocycles. The van der Waals surface area contributed by atoms with Crippen molar-refractivity contribution in [3.63, 3.8) is 0 Å². The molecular formula is C77H150O17P2. The highest BCUT2D eigenvalue weighted by Gasteiger charge is 2.30. The Balaban J connectivity index is 5.17. The summed E-state index contributed by atoms with van der Waals surface area (Å²) in [6, 6.07) is 0. The monoisotopic (exact) mass is 1410 g/mol. The molecule has 0 spiro atoms. The van der Waals surface area contributed by atoms with Gasteiger partial charge in [-0.25, -0.2) is 9.13 Å². The largest absolute Gasteiger partial charge is 0.472 e. The van der Waals surface area contributed by atoms with E-state index < -0.39 is 97.5 Å². The van der Waals surface area contributed by atoms with E-state index in [2.05, 4.69) is 41.5 Å². The summed E-state index contributed by atoms with van der Waals surface area (Å²) in [5, 5.41) is 10.6. The zero-order valence-electron chi connectivity index (χ0n) is 62.7. The minimum atomic E-state index is -4.96. The number of carbonyl (C=O) groups is 4. The summed E-state index contributed by atoms with van der Waals surface area (Å²) in [6.07, 6.45) is 57.2. The summed E-state index contributed by atoms with van der Waals surface area (Å²) in [5.41, 5.74) is 0. The van der Waals surface area contributed by atoms with E-state index in [0.717, 1.165) is 102 Å². The Kier molecular flexibility index (Phi) is 67.4. The number of phosphoric acid groups is 2. The van der Waals surface area contributed by atoms with Crippen molar-refractivity contribution in [2.75, 3.05) is 39.6 Å². The second kappa shape index (κ2) is 68.8. The van der Waals surface area contributed by atoms with Crippen molar-refractivity contribution < 1.29 is 80.2 Å². The maximum Gasteiger partial charge on any atom is 0.472 e. The van der Waals surface area contributed by atoms with Gasteiger partial charge in [0.25, 0.3) is 0 Å². The Labute approximate surface area is 588 Å². The van der Waals surface area contributed by atoms with Gasteiger partial charge in [-0.05, 0) is 37.5 Å². The first-order valence-corrected chi connectivity index (χ1v) is 43.0. The zero-order chi connectivity index (χ0) is 70.7. The Morgan fingerprint density at radius 1 is 0.281 bits per heavy atom. The Morgan fingerprint density at radius 2 is 0.479 bits per heavy atom. The second-order valence-electron chi connectivity index (χ2n) is 28.7. The van der Waals surface area contributed by atoms with Crippen LogP contribution in [0.2, 0.25) is 0 Å². The lowest BCUT2D eigenvalue weighted by atomic mass is 10.0. The van der Waals surface area contributed by atoms with E-state index in [4.69, 9.17) is 37.0 Å². The number of carbonyl (C=O) groups excluding carboxylic acids is 4. The minimum absolute atomic E-state index is 0.103. The van der Waals surface area contributed by atoms with Crippen LogP contribution in [0.4, 0.5) is 0 Å². The van der Waals surface area contributed by atoms with Gasteiger partial charge < -0.3 is 33.8 Å². The molecule has 0 aromatic carbocycles. The first-order valence-electron chi connectivity index (χ1n) is 40.0. The predicted octanol–water partition coefficient (Wildman–Crippen LogP) is 22.7. The third-order valence-electron chi connectivity index (χ3n) is 18.0. The Hall–Kier alpha value is -1.94. The minimum Gasteiger partial charge on any atom is -0.462 e. The number of unbranched alkanes of at least 4 members (excludes halogenated alkanes) is 46.